The molecule has 0 N–H and O–H groups in total. The molecule has 0 radical (unpaired) electrons. The van der Waals surface area contributed by atoms with Crippen molar-refractivity contribution in [3.8, 4) is 0 Å². The number of halogens is 1. The van der Waals surface area contributed by atoms with Gasteiger partial charge in [0.05, 0.1) is 0 Å². The van der Waals surface area contributed by atoms with Crippen LogP contribution >= 0.6 is 11.6 Å². The summed E-state index contributed by atoms with van der Waals surface area (Å²) in [6.07, 6.45) is 2.76. The SMILES string of the molecule is CC1CCN(C(=O)CCCl)C(C)C1. The number of alkyl halides is 1. The smallest absolute Gasteiger partial charge is 0.224 e. The van der Waals surface area contributed by atoms with Crippen LogP contribution in [-0.2, 0) is 4.79 Å². The zero-order valence-corrected chi connectivity index (χ0v) is 9.18. The fraction of sp³-hybridized carbons (Fsp3) is 0.900. The van der Waals surface area contributed by atoms with Crippen molar-refractivity contribution in [2.24, 2.45) is 5.92 Å². The number of piperidine rings is 1. The highest BCUT2D eigenvalue weighted by atomic mass is 35.5. The zero-order chi connectivity index (χ0) is 9.84. The normalized spacial score (nSPS) is 29.0. The highest BCUT2D eigenvalue weighted by molar-refractivity contribution is 6.18. The first-order valence-electron chi connectivity index (χ1n) is 5.00. The Bertz CT molecular complexity index is 184. The lowest BCUT2D eigenvalue weighted by Gasteiger charge is -2.36. The van der Waals surface area contributed by atoms with Gasteiger partial charge in [0.25, 0.3) is 0 Å². The number of carbonyl (C=O) groups is 1. The van der Waals surface area contributed by atoms with E-state index in [9.17, 15) is 4.79 Å². The number of hydrogen-bond acceptors (Lipinski definition) is 1. The molecule has 1 heterocycles. The highest BCUT2D eigenvalue weighted by Gasteiger charge is 2.25. The predicted octanol–water partition coefficient (Wildman–Crippen LogP) is 2.26. The predicted molar refractivity (Wildman–Crippen MR) is 54.9 cm³/mol. The lowest BCUT2D eigenvalue weighted by molar-refractivity contribution is -0.134. The third kappa shape index (κ3) is 2.87. The molecule has 0 bridgehead atoms. The number of hydrogen-bond donors (Lipinski definition) is 0. The van der Waals surface area contributed by atoms with Crippen LogP contribution in [0, 0.1) is 5.92 Å². The van der Waals surface area contributed by atoms with E-state index in [2.05, 4.69) is 13.8 Å². The maximum absolute atomic E-state index is 11.6. The van der Waals surface area contributed by atoms with Gasteiger partial charge in [0.2, 0.25) is 5.91 Å². The third-order valence-electron chi connectivity index (χ3n) is 2.77. The summed E-state index contributed by atoms with van der Waals surface area (Å²) in [5.74, 6) is 1.42. The molecule has 2 unspecified atom stereocenters. The second kappa shape index (κ2) is 4.85. The summed E-state index contributed by atoms with van der Waals surface area (Å²) in [5, 5.41) is 0. The van der Waals surface area contributed by atoms with Crippen molar-refractivity contribution in [2.45, 2.75) is 39.2 Å². The molecule has 3 heteroatoms. The molecule has 76 valence electrons. The van der Waals surface area contributed by atoms with E-state index in [-0.39, 0.29) is 5.91 Å². The first-order valence-corrected chi connectivity index (χ1v) is 5.54. The Hall–Kier alpha value is -0.240. The summed E-state index contributed by atoms with van der Waals surface area (Å²) in [5.41, 5.74) is 0. The van der Waals surface area contributed by atoms with Crippen LogP contribution in [0.2, 0.25) is 0 Å². The maximum atomic E-state index is 11.6. The van der Waals surface area contributed by atoms with Gasteiger partial charge in [-0.3, -0.25) is 4.79 Å². The van der Waals surface area contributed by atoms with Gasteiger partial charge in [0.1, 0.15) is 0 Å². The monoisotopic (exact) mass is 203 g/mol. The molecule has 1 aliphatic rings. The summed E-state index contributed by atoms with van der Waals surface area (Å²) >= 11 is 5.54. The standard InChI is InChI=1S/C10H18ClNO/c1-8-4-6-12(9(2)7-8)10(13)3-5-11/h8-9H,3-7H2,1-2H3. The Morgan fingerprint density at radius 2 is 2.23 bits per heavy atom. The highest BCUT2D eigenvalue weighted by Crippen LogP contribution is 2.22. The second-order valence-electron chi connectivity index (χ2n) is 4.00. The van der Waals surface area contributed by atoms with Crippen molar-refractivity contribution < 1.29 is 4.79 Å². The number of rotatable bonds is 2. The number of likely N-dealkylation sites (tertiary alicyclic amines) is 1. The summed E-state index contributed by atoms with van der Waals surface area (Å²) < 4.78 is 0. The molecular formula is C10H18ClNO. The van der Waals surface area contributed by atoms with Gasteiger partial charge in [-0.05, 0) is 25.7 Å². The van der Waals surface area contributed by atoms with Crippen molar-refractivity contribution in [1.82, 2.24) is 4.90 Å². The molecule has 0 aromatic heterocycles. The van der Waals surface area contributed by atoms with E-state index in [4.69, 9.17) is 11.6 Å². The first kappa shape index (κ1) is 10.8. The van der Waals surface area contributed by atoms with Crippen LogP contribution in [0.3, 0.4) is 0 Å². The second-order valence-corrected chi connectivity index (χ2v) is 4.38. The molecule has 2 atom stereocenters. The molecule has 13 heavy (non-hydrogen) atoms. The molecule has 0 aromatic carbocycles. The van der Waals surface area contributed by atoms with Gasteiger partial charge in [-0.15, -0.1) is 11.6 Å². The minimum absolute atomic E-state index is 0.217. The van der Waals surface area contributed by atoms with Gasteiger partial charge < -0.3 is 4.90 Å². The molecule has 2 nitrogen and oxygen atoms in total. The summed E-state index contributed by atoms with van der Waals surface area (Å²) in [4.78, 5) is 13.5. The van der Waals surface area contributed by atoms with Crippen molar-refractivity contribution >= 4 is 17.5 Å². The maximum Gasteiger partial charge on any atom is 0.224 e. The van der Waals surface area contributed by atoms with Crippen molar-refractivity contribution in [1.29, 1.82) is 0 Å². The average molecular weight is 204 g/mol. The van der Waals surface area contributed by atoms with Crippen LogP contribution in [0.5, 0.6) is 0 Å². The van der Waals surface area contributed by atoms with Gasteiger partial charge in [0, 0.05) is 24.9 Å². The van der Waals surface area contributed by atoms with E-state index in [0.717, 1.165) is 25.3 Å². The molecule has 1 saturated heterocycles. The largest absolute Gasteiger partial charge is 0.340 e. The molecule has 1 amide bonds. The van der Waals surface area contributed by atoms with E-state index in [1.54, 1.807) is 0 Å². The van der Waals surface area contributed by atoms with Crippen LogP contribution in [-0.4, -0.2) is 29.3 Å². The molecular weight excluding hydrogens is 186 g/mol. The topological polar surface area (TPSA) is 20.3 Å². The van der Waals surface area contributed by atoms with Crippen molar-refractivity contribution in [2.75, 3.05) is 12.4 Å². The van der Waals surface area contributed by atoms with Crippen LogP contribution in [0.15, 0.2) is 0 Å². The van der Waals surface area contributed by atoms with Crippen molar-refractivity contribution in [3.63, 3.8) is 0 Å². The van der Waals surface area contributed by atoms with E-state index >= 15 is 0 Å². The van der Waals surface area contributed by atoms with Gasteiger partial charge >= 0.3 is 0 Å². The lowest BCUT2D eigenvalue weighted by Crippen LogP contribution is -2.44. The molecule has 0 saturated carbocycles. The van der Waals surface area contributed by atoms with Crippen LogP contribution in [0.25, 0.3) is 0 Å². The third-order valence-corrected chi connectivity index (χ3v) is 2.96. The minimum atomic E-state index is 0.217. The minimum Gasteiger partial charge on any atom is -0.340 e. The quantitative estimate of drug-likeness (QED) is 0.631. The van der Waals surface area contributed by atoms with Gasteiger partial charge in [-0.1, -0.05) is 6.92 Å². The first-order chi connectivity index (χ1) is 6.15. The van der Waals surface area contributed by atoms with Gasteiger partial charge in [0.15, 0.2) is 0 Å². The number of amides is 1. The van der Waals surface area contributed by atoms with Gasteiger partial charge in [-0.2, -0.15) is 0 Å². The zero-order valence-electron chi connectivity index (χ0n) is 8.42. The average Bonchev–Trinajstić information content (AvgIpc) is 2.04. The molecule has 0 aliphatic carbocycles. The Morgan fingerprint density at radius 3 is 2.77 bits per heavy atom. The Balaban J connectivity index is 2.45. The summed E-state index contributed by atoms with van der Waals surface area (Å²) in [7, 11) is 0. The fourth-order valence-corrected chi connectivity index (χ4v) is 2.16. The molecule has 1 fully saturated rings. The lowest BCUT2D eigenvalue weighted by atomic mass is 9.93. The van der Waals surface area contributed by atoms with E-state index in [0.29, 0.717) is 18.3 Å². The van der Waals surface area contributed by atoms with E-state index in [1.807, 2.05) is 4.90 Å². The van der Waals surface area contributed by atoms with Crippen LogP contribution in [0.1, 0.15) is 33.1 Å². The number of nitrogens with zero attached hydrogens (tertiary/aromatic N) is 1. The molecule has 0 aromatic rings. The van der Waals surface area contributed by atoms with Crippen LogP contribution < -0.4 is 0 Å². The van der Waals surface area contributed by atoms with Crippen LogP contribution in [0.4, 0.5) is 0 Å². The molecule has 1 rings (SSSR count). The van der Waals surface area contributed by atoms with E-state index in [1.165, 1.54) is 0 Å². The Morgan fingerprint density at radius 1 is 1.54 bits per heavy atom. The summed E-state index contributed by atoms with van der Waals surface area (Å²) in [6.45, 7) is 5.29. The fourth-order valence-electron chi connectivity index (χ4n) is 2.00. The Labute approximate surface area is 85.2 Å². The number of carbonyl (C=O) groups excluding carboxylic acids is 1. The molecule has 1 aliphatic heterocycles. The Kier molecular flexibility index (Phi) is 4.04. The molecule has 0 spiro atoms. The van der Waals surface area contributed by atoms with Crippen molar-refractivity contribution in [3.05, 3.63) is 0 Å². The summed E-state index contributed by atoms with van der Waals surface area (Å²) in [6, 6.07) is 0.402. The van der Waals surface area contributed by atoms with Gasteiger partial charge in [-0.25, -0.2) is 0 Å². The van der Waals surface area contributed by atoms with E-state index < -0.39 is 0 Å².